The highest BCUT2D eigenvalue weighted by atomic mass is 19.1. The summed E-state index contributed by atoms with van der Waals surface area (Å²) in [5, 5.41) is 6.83. The van der Waals surface area contributed by atoms with E-state index in [1.54, 1.807) is 23.9 Å². The molecule has 0 aliphatic heterocycles. The Bertz CT molecular complexity index is 766. The zero-order valence-electron chi connectivity index (χ0n) is 14.5. The lowest BCUT2D eigenvalue weighted by atomic mass is 10.1. The van der Waals surface area contributed by atoms with Crippen LogP contribution in [0.25, 0.3) is 0 Å². The fraction of sp³-hybridized carbons (Fsp3) is 0.353. The Hall–Kier alpha value is -2.90. The number of nitrogens with one attached hydrogen (secondary N) is 1. The number of halogens is 1. The average molecular weight is 347 g/mol. The molecule has 0 spiro atoms. The van der Waals surface area contributed by atoms with E-state index in [9.17, 15) is 9.18 Å². The number of amidine groups is 1. The van der Waals surface area contributed by atoms with Gasteiger partial charge in [0.15, 0.2) is 5.69 Å². The Labute approximate surface area is 145 Å². The van der Waals surface area contributed by atoms with Crippen LogP contribution in [0.1, 0.15) is 28.7 Å². The van der Waals surface area contributed by atoms with Crippen LogP contribution in [0.15, 0.2) is 29.3 Å². The Morgan fingerprint density at radius 3 is 2.84 bits per heavy atom. The molecule has 0 saturated carbocycles. The van der Waals surface area contributed by atoms with Gasteiger partial charge < -0.3 is 15.8 Å². The molecule has 3 N–H and O–H groups in total. The highest BCUT2D eigenvalue weighted by molar-refractivity contribution is 6.02. The molecule has 0 saturated heterocycles. The molecule has 1 aromatic heterocycles. The second-order valence-corrected chi connectivity index (χ2v) is 5.47. The number of hydrogen-bond acceptors (Lipinski definition) is 4. The quantitative estimate of drug-likeness (QED) is 0.617. The van der Waals surface area contributed by atoms with Crippen molar-refractivity contribution in [1.82, 2.24) is 9.78 Å². The smallest absolute Gasteiger partial charge is 0.281 e. The Morgan fingerprint density at radius 2 is 2.20 bits per heavy atom. The summed E-state index contributed by atoms with van der Waals surface area (Å²) in [5.74, 6) is -0.724. The molecule has 0 aliphatic carbocycles. The van der Waals surface area contributed by atoms with Crippen molar-refractivity contribution < 1.29 is 13.9 Å². The second kappa shape index (κ2) is 8.27. The summed E-state index contributed by atoms with van der Waals surface area (Å²) in [6.07, 6.45) is 0.304. The van der Waals surface area contributed by atoms with Gasteiger partial charge in [-0.1, -0.05) is 0 Å². The summed E-state index contributed by atoms with van der Waals surface area (Å²) < 4.78 is 20.7. The molecule has 0 radical (unpaired) electrons. The van der Waals surface area contributed by atoms with Crippen molar-refractivity contribution in [3.8, 4) is 0 Å². The van der Waals surface area contributed by atoms with Crippen LogP contribution in [0.4, 0.5) is 10.1 Å². The van der Waals surface area contributed by atoms with Gasteiger partial charge in [0.1, 0.15) is 5.82 Å². The number of benzene rings is 1. The maximum absolute atomic E-state index is 13.9. The molecule has 0 bridgehead atoms. The molecule has 0 atom stereocenters. The fourth-order valence-electron chi connectivity index (χ4n) is 2.18. The Kier molecular flexibility index (Phi) is 6.10. The number of carbonyl (C=O) groups excluding carboxylic acids is 1. The number of aliphatic imine (C=N–C) groups is 1. The van der Waals surface area contributed by atoms with Crippen LogP contribution in [0, 0.1) is 12.7 Å². The van der Waals surface area contributed by atoms with Gasteiger partial charge in [0.25, 0.3) is 11.9 Å². The average Bonchev–Trinajstić information content (AvgIpc) is 2.90. The molecule has 1 amide bonds. The van der Waals surface area contributed by atoms with Gasteiger partial charge in [-0.25, -0.2) is 9.38 Å². The summed E-state index contributed by atoms with van der Waals surface area (Å²) in [6, 6.07) is 6.14. The van der Waals surface area contributed by atoms with E-state index < -0.39 is 0 Å². The fourth-order valence-corrected chi connectivity index (χ4v) is 2.18. The first-order valence-corrected chi connectivity index (χ1v) is 7.93. The number of rotatable bonds is 6. The zero-order chi connectivity index (χ0) is 18.4. The number of carbonyl (C=O) groups is 1. The molecule has 8 heteroatoms. The maximum Gasteiger partial charge on any atom is 0.281 e. The van der Waals surface area contributed by atoms with E-state index in [0.717, 1.165) is 5.69 Å². The molecule has 0 fully saturated rings. The molecular formula is C17H22FN5O2. The van der Waals surface area contributed by atoms with Gasteiger partial charge in [-0.05, 0) is 43.7 Å². The molecule has 1 aromatic carbocycles. The summed E-state index contributed by atoms with van der Waals surface area (Å²) >= 11 is 0. The van der Waals surface area contributed by atoms with E-state index >= 15 is 0 Å². The highest BCUT2D eigenvalue weighted by Gasteiger charge is 2.12. The number of amides is 1. The Morgan fingerprint density at radius 1 is 1.44 bits per heavy atom. The van der Waals surface area contributed by atoms with Gasteiger partial charge in [0.05, 0.1) is 6.61 Å². The third kappa shape index (κ3) is 5.03. The van der Waals surface area contributed by atoms with Crippen LogP contribution in [-0.4, -0.2) is 34.9 Å². The summed E-state index contributed by atoms with van der Waals surface area (Å²) in [4.78, 5) is 16.1. The van der Waals surface area contributed by atoms with Crippen LogP contribution < -0.4 is 11.1 Å². The number of aromatic nitrogens is 2. The van der Waals surface area contributed by atoms with Crippen molar-refractivity contribution in [2.45, 2.75) is 20.3 Å². The van der Waals surface area contributed by atoms with Gasteiger partial charge in [-0.15, -0.1) is 0 Å². The van der Waals surface area contributed by atoms with Crippen LogP contribution in [-0.2, 0) is 18.2 Å². The highest BCUT2D eigenvalue weighted by Crippen LogP contribution is 2.16. The number of ether oxygens (including phenoxy) is 1. The van der Waals surface area contributed by atoms with Crippen molar-refractivity contribution in [3.05, 3.63) is 47.0 Å². The van der Waals surface area contributed by atoms with Gasteiger partial charge in [0, 0.05) is 31.4 Å². The minimum absolute atomic E-state index is 0.0814. The largest absolute Gasteiger partial charge is 0.465 e. The van der Waals surface area contributed by atoms with Crippen molar-refractivity contribution >= 4 is 17.6 Å². The molecule has 2 aromatic rings. The van der Waals surface area contributed by atoms with Crippen molar-refractivity contribution in [2.24, 2.45) is 17.8 Å². The lowest BCUT2D eigenvalue weighted by Crippen LogP contribution is -2.18. The minimum Gasteiger partial charge on any atom is -0.465 e. The number of anilines is 1. The van der Waals surface area contributed by atoms with E-state index in [0.29, 0.717) is 29.9 Å². The minimum atomic E-state index is -0.374. The van der Waals surface area contributed by atoms with E-state index in [-0.39, 0.29) is 24.4 Å². The third-order valence-electron chi connectivity index (χ3n) is 3.59. The molecule has 7 nitrogen and oxygen atoms in total. The molecule has 2 rings (SSSR count). The molecule has 134 valence electrons. The van der Waals surface area contributed by atoms with Gasteiger partial charge in [0.2, 0.25) is 0 Å². The zero-order valence-corrected chi connectivity index (χ0v) is 14.5. The van der Waals surface area contributed by atoms with Crippen LogP contribution in [0.5, 0.6) is 0 Å². The van der Waals surface area contributed by atoms with Gasteiger partial charge in [-0.3, -0.25) is 9.48 Å². The molecule has 1 heterocycles. The van der Waals surface area contributed by atoms with E-state index in [1.165, 1.54) is 12.1 Å². The van der Waals surface area contributed by atoms with Gasteiger partial charge >= 0.3 is 0 Å². The van der Waals surface area contributed by atoms with Crippen molar-refractivity contribution in [3.63, 3.8) is 0 Å². The Balaban J connectivity index is 2.02. The predicted octanol–water partition coefficient (Wildman–Crippen LogP) is 2.01. The van der Waals surface area contributed by atoms with Crippen molar-refractivity contribution in [2.75, 3.05) is 18.5 Å². The third-order valence-corrected chi connectivity index (χ3v) is 3.59. The summed E-state index contributed by atoms with van der Waals surface area (Å²) in [7, 11) is 1.76. The number of hydrogen-bond donors (Lipinski definition) is 2. The molecular weight excluding hydrogens is 325 g/mol. The first kappa shape index (κ1) is 18.4. The number of aryl methyl sites for hydroxylation is 2. The predicted molar refractivity (Wildman–Crippen MR) is 94.1 cm³/mol. The topological polar surface area (TPSA) is 94.5 Å². The lowest BCUT2D eigenvalue weighted by Gasteiger charge is -2.09. The van der Waals surface area contributed by atoms with Crippen molar-refractivity contribution in [1.29, 1.82) is 0 Å². The van der Waals surface area contributed by atoms with Crippen LogP contribution >= 0.6 is 0 Å². The maximum atomic E-state index is 13.9. The molecule has 25 heavy (non-hydrogen) atoms. The lowest BCUT2D eigenvalue weighted by molar-refractivity contribution is 0.102. The molecule has 0 unspecified atom stereocenters. The standard InChI is InChI=1S/C17H22FN5O2/c1-4-20-17(19)25-8-7-12-10-13(5-6-14(12)18)21-16(24)15-9-11(2)23(3)22-15/h5-6,9-10H,4,7-8H2,1-3H3,(H2,19,20)(H,21,24). The van der Waals surface area contributed by atoms with E-state index in [1.807, 2.05) is 13.8 Å². The normalized spacial score (nSPS) is 11.4. The number of nitrogens with two attached hydrogens (primary N) is 1. The van der Waals surface area contributed by atoms with E-state index in [4.69, 9.17) is 10.5 Å². The second-order valence-electron chi connectivity index (χ2n) is 5.47. The molecule has 0 aliphatic rings. The summed E-state index contributed by atoms with van der Waals surface area (Å²) in [5.41, 5.74) is 7.60. The SMILES string of the molecule is CCN=C(N)OCCc1cc(NC(=O)c2cc(C)n(C)n2)ccc1F. The number of nitrogens with zero attached hydrogens (tertiary/aromatic N) is 3. The first-order valence-electron chi connectivity index (χ1n) is 7.93. The van der Waals surface area contributed by atoms with Crippen LogP contribution in [0.3, 0.4) is 0 Å². The monoisotopic (exact) mass is 347 g/mol. The summed E-state index contributed by atoms with van der Waals surface area (Å²) in [6.45, 7) is 4.41. The van der Waals surface area contributed by atoms with Gasteiger partial charge in [-0.2, -0.15) is 5.10 Å². The first-order chi connectivity index (χ1) is 11.9. The van der Waals surface area contributed by atoms with E-state index in [2.05, 4.69) is 15.4 Å². The van der Waals surface area contributed by atoms with Crippen LogP contribution in [0.2, 0.25) is 0 Å².